The Balaban J connectivity index is 4.40. The van der Waals surface area contributed by atoms with E-state index in [9.17, 15) is 14.4 Å². The Bertz CT molecular complexity index is 1730. The second-order valence-electron chi connectivity index (χ2n) is 20.9. The number of esters is 3. The Hall–Kier alpha value is -4.71. The molecular formula is C73H118O6. The highest BCUT2D eigenvalue weighted by Gasteiger charge is 2.19. The lowest BCUT2D eigenvalue weighted by Gasteiger charge is -2.18. The lowest BCUT2D eigenvalue weighted by Crippen LogP contribution is -2.30. The fourth-order valence-corrected chi connectivity index (χ4v) is 8.60. The van der Waals surface area contributed by atoms with Crippen molar-refractivity contribution in [1.82, 2.24) is 0 Å². The summed E-state index contributed by atoms with van der Waals surface area (Å²) in [5.41, 5.74) is 0. The molecule has 0 rings (SSSR count). The highest BCUT2D eigenvalue weighted by molar-refractivity contribution is 5.71. The summed E-state index contributed by atoms with van der Waals surface area (Å²) in [6.45, 7) is 6.26. The Kier molecular flexibility index (Phi) is 61.9. The van der Waals surface area contributed by atoms with Crippen LogP contribution in [0.4, 0.5) is 0 Å². The minimum Gasteiger partial charge on any atom is -0.462 e. The number of unbranched alkanes of at least 4 members (excludes halogenated alkanes) is 22. The third kappa shape index (κ3) is 64.0. The van der Waals surface area contributed by atoms with Gasteiger partial charge in [0.25, 0.3) is 0 Å². The van der Waals surface area contributed by atoms with Crippen molar-refractivity contribution in [2.45, 2.75) is 284 Å². The predicted molar refractivity (Wildman–Crippen MR) is 343 cm³/mol. The molecule has 0 N–H and O–H groups in total. The standard InChI is InChI=1S/C73H118O6/c1-4-7-10-13-16-19-22-25-28-31-32-33-34-35-36-37-38-39-40-43-45-48-51-54-57-60-63-66-72(75)78-69-70(79-73(76)67-64-61-58-55-52-49-46-42-30-27-24-21-18-15-12-9-6-3)68-77-71(74)65-62-59-56-53-50-47-44-41-29-26-23-20-17-14-11-8-5-2/h7-12,16-21,25-30,32-33,46,49,55,58,70H,4-6,13-15,22-24,31,34-45,47-48,50-54,56-57,59-69H2,1-3H3/b10-7-,11-8-,12-9-,19-16-,20-17-,21-18-,28-25-,29-26-,30-27-,33-32-,49-46-,58-55-. The van der Waals surface area contributed by atoms with Gasteiger partial charge in [-0.15, -0.1) is 0 Å². The van der Waals surface area contributed by atoms with Gasteiger partial charge in [0.2, 0.25) is 0 Å². The zero-order valence-electron chi connectivity index (χ0n) is 51.1. The maximum atomic E-state index is 12.9. The fourth-order valence-electron chi connectivity index (χ4n) is 8.60. The first kappa shape index (κ1) is 74.3. The molecule has 0 fully saturated rings. The number of allylic oxidation sites excluding steroid dienone is 24. The van der Waals surface area contributed by atoms with Crippen LogP contribution < -0.4 is 0 Å². The van der Waals surface area contributed by atoms with Crippen molar-refractivity contribution >= 4 is 17.9 Å². The van der Waals surface area contributed by atoms with Gasteiger partial charge in [-0.05, 0) is 128 Å². The second-order valence-corrected chi connectivity index (χ2v) is 20.9. The van der Waals surface area contributed by atoms with Crippen LogP contribution in [0, 0.1) is 0 Å². The van der Waals surface area contributed by atoms with Gasteiger partial charge in [0, 0.05) is 19.3 Å². The normalized spacial score (nSPS) is 13.1. The van der Waals surface area contributed by atoms with E-state index in [-0.39, 0.29) is 37.5 Å². The van der Waals surface area contributed by atoms with Crippen molar-refractivity contribution in [1.29, 1.82) is 0 Å². The highest BCUT2D eigenvalue weighted by atomic mass is 16.6. The summed E-state index contributed by atoms with van der Waals surface area (Å²) in [5, 5.41) is 0. The first-order chi connectivity index (χ1) is 39.0. The van der Waals surface area contributed by atoms with Crippen molar-refractivity contribution in [2.24, 2.45) is 0 Å². The number of carbonyl (C=O) groups excluding carboxylic acids is 3. The van der Waals surface area contributed by atoms with Gasteiger partial charge in [0.05, 0.1) is 0 Å². The molecule has 0 aliphatic heterocycles. The SMILES string of the molecule is CC/C=C\C/C=C\C/C=C\C/C=C\C/C=C\CCCC(=O)OC(COC(=O)CCCCCCCCC/C=C\C/C=C\C/C=C\CC)COC(=O)CCCCCCCCCCCCCCCC/C=C\C/C=C\C/C=C\C/C=C\CC. The molecule has 0 spiro atoms. The largest absolute Gasteiger partial charge is 0.462 e. The van der Waals surface area contributed by atoms with Crippen molar-refractivity contribution in [3.05, 3.63) is 146 Å². The van der Waals surface area contributed by atoms with E-state index < -0.39 is 6.10 Å². The molecule has 0 aromatic rings. The summed E-state index contributed by atoms with van der Waals surface area (Å²) >= 11 is 0. The minimum atomic E-state index is -0.819. The quantitative estimate of drug-likeness (QED) is 0.0261. The molecule has 0 aromatic heterocycles. The van der Waals surface area contributed by atoms with Gasteiger partial charge >= 0.3 is 17.9 Å². The van der Waals surface area contributed by atoms with Crippen molar-refractivity contribution in [2.75, 3.05) is 13.2 Å². The van der Waals surface area contributed by atoms with Crippen LogP contribution in [-0.4, -0.2) is 37.2 Å². The minimum absolute atomic E-state index is 0.108. The molecule has 0 bridgehead atoms. The third-order valence-electron chi connectivity index (χ3n) is 13.3. The van der Waals surface area contributed by atoms with Crippen LogP contribution >= 0.6 is 0 Å². The summed E-state index contributed by atoms with van der Waals surface area (Å²) < 4.78 is 16.9. The van der Waals surface area contributed by atoms with Crippen LogP contribution in [-0.2, 0) is 28.6 Å². The summed E-state index contributed by atoms with van der Waals surface area (Å²) in [5.74, 6) is -0.976. The number of hydrogen-bond acceptors (Lipinski definition) is 6. The Morgan fingerprint density at radius 2 is 0.468 bits per heavy atom. The van der Waals surface area contributed by atoms with Crippen molar-refractivity contribution in [3.63, 3.8) is 0 Å². The summed E-state index contributed by atoms with van der Waals surface area (Å²) in [6.07, 6.45) is 94.3. The summed E-state index contributed by atoms with van der Waals surface area (Å²) in [6, 6.07) is 0. The molecule has 446 valence electrons. The zero-order valence-corrected chi connectivity index (χ0v) is 51.1. The van der Waals surface area contributed by atoms with Crippen LogP contribution in [0.2, 0.25) is 0 Å². The Labute approximate surface area is 487 Å². The smallest absolute Gasteiger partial charge is 0.306 e. The van der Waals surface area contributed by atoms with E-state index in [1.54, 1.807) is 0 Å². The summed E-state index contributed by atoms with van der Waals surface area (Å²) in [7, 11) is 0. The lowest BCUT2D eigenvalue weighted by atomic mass is 10.0. The van der Waals surface area contributed by atoms with Crippen LogP contribution in [0.1, 0.15) is 278 Å². The second kappa shape index (κ2) is 65.8. The lowest BCUT2D eigenvalue weighted by molar-refractivity contribution is -0.167. The van der Waals surface area contributed by atoms with Gasteiger partial charge in [0.15, 0.2) is 6.10 Å². The Morgan fingerprint density at radius 3 is 0.747 bits per heavy atom. The molecule has 0 saturated heterocycles. The molecule has 6 heteroatoms. The zero-order chi connectivity index (χ0) is 57.1. The molecule has 0 aliphatic rings. The molecule has 0 saturated carbocycles. The molecule has 6 nitrogen and oxygen atoms in total. The number of ether oxygens (including phenoxy) is 3. The number of hydrogen-bond donors (Lipinski definition) is 0. The van der Waals surface area contributed by atoms with Crippen molar-refractivity contribution in [3.8, 4) is 0 Å². The first-order valence-electron chi connectivity index (χ1n) is 32.3. The molecule has 79 heavy (non-hydrogen) atoms. The monoisotopic (exact) mass is 1090 g/mol. The van der Waals surface area contributed by atoms with E-state index in [2.05, 4.69) is 167 Å². The van der Waals surface area contributed by atoms with Crippen LogP contribution in [0.25, 0.3) is 0 Å². The molecule has 1 unspecified atom stereocenters. The highest BCUT2D eigenvalue weighted by Crippen LogP contribution is 2.16. The molecule has 0 aromatic carbocycles. The average Bonchev–Trinajstić information content (AvgIpc) is 3.45. The van der Waals surface area contributed by atoms with Gasteiger partial charge in [-0.2, -0.15) is 0 Å². The van der Waals surface area contributed by atoms with Gasteiger partial charge in [-0.1, -0.05) is 276 Å². The average molecular weight is 1090 g/mol. The van der Waals surface area contributed by atoms with E-state index in [1.807, 2.05) is 0 Å². The predicted octanol–water partition coefficient (Wildman–Crippen LogP) is 22.3. The number of carbonyl (C=O) groups is 3. The van der Waals surface area contributed by atoms with E-state index in [0.717, 1.165) is 128 Å². The number of rotatable bonds is 57. The van der Waals surface area contributed by atoms with E-state index in [4.69, 9.17) is 14.2 Å². The molecule has 1 atom stereocenters. The van der Waals surface area contributed by atoms with Gasteiger partial charge in [-0.3, -0.25) is 14.4 Å². The molecule has 0 amide bonds. The maximum Gasteiger partial charge on any atom is 0.306 e. The fraction of sp³-hybridized carbons (Fsp3) is 0.630. The van der Waals surface area contributed by atoms with Gasteiger partial charge < -0.3 is 14.2 Å². The molecular weight excluding hydrogens is 973 g/mol. The molecule has 0 heterocycles. The van der Waals surface area contributed by atoms with E-state index in [1.165, 1.54) is 103 Å². The third-order valence-corrected chi connectivity index (χ3v) is 13.3. The van der Waals surface area contributed by atoms with E-state index >= 15 is 0 Å². The maximum absolute atomic E-state index is 12.9. The topological polar surface area (TPSA) is 78.9 Å². The van der Waals surface area contributed by atoms with Gasteiger partial charge in [0.1, 0.15) is 13.2 Å². The van der Waals surface area contributed by atoms with Gasteiger partial charge in [-0.25, -0.2) is 0 Å². The van der Waals surface area contributed by atoms with Crippen molar-refractivity contribution < 1.29 is 28.6 Å². The van der Waals surface area contributed by atoms with Crippen LogP contribution in [0.3, 0.4) is 0 Å². The first-order valence-corrected chi connectivity index (χ1v) is 32.3. The Morgan fingerprint density at radius 1 is 0.253 bits per heavy atom. The molecule has 0 radical (unpaired) electrons. The molecule has 0 aliphatic carbocycles. The van der Waals surface area contributed by atoms with Crippen LogP contribution in [0.15, 0.2) is 146 Å². The van der Waals surface area contributed by atoms with E-state index in [0.29, 0.717) is 19.3 Å². The van der Waals surface area contributed by atoms with Crippen LogP contribution in [0.5, 0.6) is 0 Å². The summed E-state index contributed by atoms with van der Waals surface area (Å²) in [4.78, 5) is 38.3.